The van der Waals surface area contributed by atoms with Crippen LogP contribution in [0.3, 0.4) is 0 Å². The monoisotopic (exact) mass is 352 g/mol. The molecule has 0 aromatic heterocycles. The van der Waals surface area contributed by atoms with Crippen LogP contribution in [0.5, 0.6) is 5.75 Å². The maximum atomic E-state index is 14.3. The quantitative estimate of drug-likeness (QED) is 0.410. The molecule has 0 N–H and O–H groups in total. The van der Waals surface area contributed by atoms with Crippen LogP contribution in [-0.2, 0) is 6.42 Å². The summed E-state index contributed by atoms with van der Waals surface area (Å²) in [6.07, 6.45) is 2.89. The fourth-order valence-corrected chi connectivity index (χ4v) is 2.41. The van der Waals surface area contributed by atoms with Gasteiger partial charge in [0.1, 0.15) is 0 Å². The molecule has 2 aromatic rings. The Labute approximate surface area is 144 Å². The van der Waals surface area contributed by atoms with Gasteiger partial charge in [-0.05, 0) is 37.5 Å². The predicted octanol–water partition coefficient (Wildman–Crippen LogP) is 6.47. The molecule has 0 spiro atoms. The van der Waals surface area contributed by atoms with E-state index >= 15 is 0 Å². The molecule has 0 fully saturated rings. The van der Waals surface area contributed by atoms with E-state index in [-0.39, 0.29) is 17.9 Å². The van der Waals surface area contributed by atoms with Crippen LogP contribution in [0.2, 0.25) is 0 Å². The Morgan fingerprint density at radius 3 is 2.16 bits per heavy atom. The Bertz CT molecular complexity index is 751. The van der Waals surface area contributed by atoms with Crippen LogP contribution in [0, 0.1) is 11.6 Å². The van der Waals surface area contributed by atoms with E-state index in [4.69, 9.17) is 4.74 Å². The molecule has 0 aliphatic carbocycles. The number of halogens is 4. The number of aryl methyl sites for hydroxylation is 1. The predicted molar refractivity (Wildman–Crippen MR) is 91.6 cm³/mol. The average molecular weight is 352 g/mol. The fourth-order valence-electron chi connectivity index (χ4n) is 2.41. The summed E-state index contributed by atoms with van der Waals surface area (Å²) in [5, 5.41) is 0. The Morgan fingerprint density at radius 2 is 1.56 bits per heavy atom. The summed E-state index contributed by atoms with van der Waals surface area (Å²) in [5.41, 5.74) is 0.219. The van der Waals surface area contributed by atoms with Crippen molar-refractivity contribution in [3.05, 3.63) is 64.7 Å². The highest BCUT2D eigenvalue weighted by molar-refractivity contribution is 5.83. The lowest BCUT2D eigenvalue weighted by Crippen LogP contribution is -2.00. The second-order valence-electron chi connectivity index (χ2n) is 5.60. The zero-order valence-corrected chi connectivity index (χ0v) is 14.2. The smallest absolute Gasteiger partial charge is 0.201 e. The number of hydrogen-bond donors (Lipinski definition) is 0. The molecule has 1 nitrogen and oxygen atoms in total. The molecule has 0 bridgehead atoms. The van der Waals surface area contributed by atoms with E-state index < -0.39 is 28.9 Å². The minimum absolute atomic E-state index is 0.0218. The minimum atomic E-state index is -1.47. The van der Waals surface area contributed by atoms with Gasteiger partial charge in [-0.1, -0.05) is 37.6 Å². The van der Waals surface area contributed by atoms with Crippen molar-refractivity contribution in [2.24, 2.45) is 0 Å². The third-order valence-electron chi connectivity index (χ3n) is 3.80. The first-order valence-electron chi connectivity index (χ1n) is 8.25. The molecule has 0 radical (unpaired) electrons. The van der Waals surface area contributed by atoms with Crippen LogP contribution >= 0.6 is 0 Å². The highest BCUT2D eigenvalue weighted by atomic mass is 19.2. The Hall–Kier alpha value is -2.30. The van der Waals surface area contributed by atoms with Gasteiger partial charge in [0.15, 0.2) is 23.2 Å². The largest absolute Gasteiger partial charge is 0.491 e. The van der Waals surface area contributed by atoms with Gasteiger partial charge in [0.25, 0.3) is 0 Å². The van der Waals surface area contributed by atoms with E-state index in [1.54, 1.807) is 19.1 Å². The van der Waals surface area contributed by atoms with Gasteiger partial charge in [-0.15, -0.1) is 0 Å². The van der Waals surface area contributed by atoms with Crippen LogP contribution in [-0.4, -0.2) is 6.61 Å². The van der Waals surface area contributed by atoms with Crippen molar-refractivity contribution in [2.45, 2.75) is 33.1 Å². The van der Waals surface area contributed by atoms with Crippen LogP contribution in [0.25, 0.3) is 11.7 Å². The summed E-state index contributed by atoms with van der Waals surface area (Å²) in [5.74, 6) is -5.82. The summed E-state index contributed by atoms with van der Waals surface area (Å²) in [6.45, 7) is 3.80. The molecule has 0 aliphatic heterocycles. The summed E-state index contributed by atoms with van der Waals surface area (Å²) in [4.78, 5) is 0. The average Bonchev–Trinajstić information content (AvgIpc) is 2.63. The number of ether oxygens (including phenoxy) is 1. The SMILES string of the molecule is CCCCc1ccc(/C(F)=C(\F)c2ccc(OCC)c(F)c2F)cc1. The number of hydrogen-bond acceptors (Lipinski definition) is 1. The lowest BCUT2D eigenvalue weighted by Gasteiger charge is -2.09. The number of rotatable bonds is 7. The van der Waals surface area contributed by atoms with Gasteiger partial charge in [0.05, 0.1) is 12.2 Å². The van der Waals surface area contributed by atoms with E-state index in [0.29, 0.717) is 0 Å². The highest BCUT2D eigenvalue weighted by Gasteiger charge is 2.20. The first-order valence-corrected chi connectivity index (χ1v) is 8.25. The van der Waals surface area contributed by atoms with Gasteiger partial charge in [0.2, 0.25) is 5.82 Å². The molecule has 0 saturated carbocycles. The van der Waals surface area contributed by atoms with Gasteiger partial charge >= 0.3 is 0 Å². The Morgan fingerprint density at radius 1 is 0.880 bits per heavy atom. The standard InChI is InChI=1S/C20H20F4O/c1-3-5-6-13-7-9-14(10-8-13)17(21)18(22)15-11-12-16(25-4-2)20(24)19(15)23/h7-12H,3-6H2,1-2H3/b18-17+. The molecule has 0 heterocycles. The van der Waals surface area contributed by atoms with E-state index in [1.165, 1.54) is 12.1 Å². The van der Waals surface area contributed by atoms with Crippen molar-refractivity contribution in [1.82, 2.24) is 0 Å². The lowest BCUT2D eigenvalue weighted by molar-refractivity contribution is 0.313. The Kier molecular flexibility index (Phi) is 6.62. The van der Waals surface area contributed by atoms with Crippen LogP contribution in [0.15, 0.2) is 36.4 Å². The molecule has 0 atom stereocenters. The normalized spacial score (nSPS) is 12.1. The third kappa shape index (κ3) is 4.41. The van der Waals surface area contributed by atoms with Crippen molar-refractivity contribution in [2.75, 3.05) is 6.61 Å². The second-order valence-corrected chi connectivity index (χ2v) is 5.60. The fraction of sp³-hybridized carbons (Fsp3) is 0.300. The molecular weight excluding hydrogens is 332 g/mol. The van der Waals surface area contributed by atoms with Gasteiger partial charge in [0, 0.05) is 5.56 Å². The summed E-state index contributed by atoms with van der Waals surface area (Å²) in [6, 6.07) is 8.32. The van der Waals surface area contributed by atoms with E-state index in [1.807, 2.05) is 0 Å². The topological polar surface area (TPSA) is 9.23 Å². The zero-order chi connectivity index (χ0) is 18.4. The molecule has 0 saturated heterocycles. The minimum Gasteiger partial charge on any atom is -0.491 e. The van der Waals surface area contributed by atoms with E-state index in [0.717, 1.165) is 37.0 Å². The van der Waals surface area contributed by atoms with Crippen LogP contribution < -0.4 is 4.74 Å². The van der Waals surface area contributed by atoms with Gasteiger partial charge in [-0.3, -0.25) is 0 Å². The molecule has 0 aliphatic rings. The summed E-state index contributed by atoms with van der Waals surface area (Å²) in [7, 11) is 0. The van der Waals surface area contributed by atoms with Crippen molar-refractivity contribution in [3.8, 4) is 5.75 Å². The first-order chi connectivity index (χ1) is 12.0. The van der Waals surface area contributed by atoms with Crippen LogP contribution in [0.4, 0.5) is 17.6 Å². The van der Waals surface area contributed by atoms with Gasteiger partial charge in [-0.25, -0.2) is 13.2 Å². The maximum absolute atomic E-state index is 14.3. The van der Waals surface area contributed by atoms with Crippen molar-refractivity contribution < 1.29 is 22.3 Å². The van der Waals surface area contributed by atoms with Crippen molar-refractivity contribution in [1.29, 1.82) is 0 Å². The first kappa shape index (κ1) is 19.0. The highest BCUT2D eigenvalue weighted by Crippen LogP contribution is 2.33. The van der Waals surface area contributed by atoms with E-state index in [2.05, 4.69) is 6.92 Å². The number of benzene rings is 2. The molecule has 0 unspecified atom stereocenters. The second kappa shape index (κ2) is 8.70. The summed E-state index contributed by atoms with van der Waals surface area (Å²) >= 11 is 0. The van der Waals surface area contributed by atoms with Crippen LogP contribution in [0.1, 0.15) is 43.4 Å². The molecule has 134 valence electrons. The van der Waals surface area contributed by atoms with Gasteiger partial charge < -0.3 is 4.74 Å². The van der Waals surface area contributed by atoms with Crippen molar-refractivity contribution in [3.63, 3.8) is 0 Å². The maximum Gasteiger partial charge on any atom is 0.201 e. The molecular formula is C20H20F4O. The molecule has 0 amide bonds. The van der Waals surface area contributed by atoms with Gasteiger partial charge in [-0.2, -0.15) is 4.39 Å². The lowest BCUT2D eigenvalue weighted by atomic mass is 10.0. The molecule has 2 aromatic carbocycles. The van der Waals surface area contributed by atoms with Crippen molar-refractivity contribution >= 4 is 11.7 Å². The molecule has 25 heavy (non-hydrogen) atoms. The molecule has 5 heteroatoms. The summed E-state index contributed by atoms with van der Waals surface area (Å²) < 4.78 is 61.4. The molecule has 2 rings (SSSR count). The number of unbranched alkanes of at least 4 members (excludes halogenated alkanes) is 1. The van der Waals surface area contributed by atoms with E-state index in [9.17, 15) is 17.6 Å². The zero-order valence-electron chi connectivity index (χ0n) is 14.2. The third-order valence-corrected chi connectivity index (χ3v) is 3.80. The Balaban J connectivity index is 2.33.